The third-order valence-corrected chi connectivity index (χ3v) is 5.37. The Bertz CT molecular complexity index is 897. The van der Waals surface area contributed by atoms with Crippen molar-refractivity contribution >= 4 is 11.6 Å². The summed E-state index contributed by atoms with van der Waals surface area (Å²) < 4.78 is 5.77. The number of nitrogens with zero attached hydrogens (tertiary/aromatic N) is 2. The molecule has 1 aromatic heterocycles. The van der Waals surface area contributed by atoms with E-state index in [1.807, 2.05) is 54.6 Å². The fraction of sp³-hybridized carbons (Fsp3) is 0.348. The monoisotopic (exact) mass is 375 g/mol. The first-order valence-electron chi connectivity index (χ1n) is 10.1. The number of benzene rings is 2. The van der Waals surface area contributed by atoms with Crippen LogP contribution in [-0.4, -0.2) is 16.1 Å². The summed E-state index contributed by atoms with van der Waals surface area (Å²) in [5.41, 5.74) is 2.51. The van der Waals surface area contributed by atoms with E-state index in [-0.39, 0.29) is 5.91 Å². The zero-order valence-corrected chi connectivity index (χ0v) is 15.9. The Hall–Kier alpha value is -2.95. The molecule has 5 heteroatoms. The molecule has 1 saturated carbocycles. The number of hydrogen-bond donors (Lipinski definition) is 1. The van der Waals surface area contributed by atoms with E-state index in [9.17, 15) is 4.79 Å². The van der Waals surface area contributed by atoms with Crippen LogP contribution >= 0.6 is 0 Å². The minimum atomic E-state index is 0.0856. The van der Waals surface area contributed by atoms with Gasteiger partial charge in [0.25, 0.3) is 0 Å². The highest BCUT2D eigenvalue weighted by molar-refractivity contribution is 5.90. The van der Waals surface area contributed by atoms with Gasteiger partial charge in [0.2, 0.25) is 17.7 Å². The van der Waals surface area contributed by atoms with Crippen LogP contribution in [0.5, 0.6) is 0 Å². The van der Waals surface area contributed by atoms with Crippen LogP contribution in [0.1, 0.15) is 44.9 Å². The van der Waals surface area contributed by atoms with Crippen LogP contribution in [0.4, 0.5) is 5.69 Å². The van der Waals surface area contributed by atoms with Gasteiger partial charge in [-0.2, -0.15) is 0 Å². The van der Waals surface area contributed by atoms with E-state index in [0.29, 0.717) is 18.2 Å². The fourth-order valence-corrected chi connectivity index (χ4v) is 3.77. The average molecular weight is 375 g/mol. The van der Waals surface area contributed by atoms with Gasteiger partial charge < -0.3 is 9.73 Å². The highest BCUT2D eigenvalue weighted by Gasteiger charge is 2.15. The number of nitrogens with one attached hydrogen (secondary N) is 1. The van der Waals surface area contributed by atoms with Crippen molar-refractivity contribution in [2.24, 2.45) is 5.92 Å². The lowest BCUT2D eigenvalue weighted by molar-refractivity contribution is -0.116. The second kappa shape index (κ2) is 8.83. The molecule has 0 unspecified atom stereocenters. The largest absolute Gasteiger partial charge is 0.416 e. The number of amides is 1. The third kappa shape index (κ3) is 4.66. The zero-order chi connectivity index (χ0) is 19.2. The maximum absolute atomic E-state index is 12.2. The minimum Gasteiger partial charge on any atom is -0.416 e. The Morgan fingerprint density at radius 2 is 1.54 bits per heavy atom. The normalized spacial score (nSPS) is 14.7. The molecule has 4 rings (SSSR count). The summed E-state index contributed by atoms with van der Waals surface area (Å²) in [5.74, 6) is 1.77. The molecule has 5 nitrogen and oxygen atoms in total. The van der Waals surface area contributed by atoms with Gasteiger partial charge in [-0.25, -0.2) is 0 Å². The second-order valence-corrected chi connectivity index (χ2v) is 7.45. The van der Waals surface area contributed by atoms with E-state index >= 15 is 0 Å². The number of anilines is 1. The lowest BCUT2D eigenvalue weighted by Gasteiger charge is -2.20. The molecule has 0 bridgehead atoms. The summed E-state index contributed by atoms with van der Waals surface area (Å²) in [4.78, 5) is 12.2. The van der Waals surface area contributed by atoms with Crippen LogP contribution in [0.25, 0.3) is 22.9 Å². The van der Waals surface area contributed by atoms with Crippen molar-refractivity contribution in [2.75, 3.05) is 5.32 Å². The molecule has 0 aliphatic heterocycles. The van der Waals surface area contributed by atoms with Crippen LogP contribution < -0.4 is 5.32 Å². The highest BCUT2D eigenvalue weighted by atomic mass is 16.4. The number of rotatable bonds is 6. The van der Waals surface area contributed by atoms with Gasteiger partial charge in [0, 0.05) is 23.2 Å². The quantitative estimate of drug-likeness (QED) is 0.600. The summed E-state index contributed by atoms with van der Waals surface area (Å²) in [6, 6.07) is 17.2. The van der Waals surface area contributed by atoms with Gasteiger partial charge >= 0.3 is 0 Å². The van der Waals surface area contributed by atoms with Gasteiger partial charge in [-0.1, -0.05) is 50.3 Å². The molecule has 1 heterocycles. The molecule has 0 radical (unpaired) electrons. The zero-order valence-electron chi connectivity index (χ0n) is 15.9. The van der Waals surface area contributed by atoms with E-state index in [4.69, 9.17) is 4.42 Å². The van der Waals surface area contributed by atoms with Crippen molar-refractivity contribution < 1.29 is 9.21 Å². The highest BCUT2D eigenvalue weighted by Crippen LogP contribution is 2.28. The van der Waals surface area contributed by atoms with Crippen LogP contribution in [-0.2, 0) is 4.79 Å². The summed E-state index contributed by atoms with van der Waals surface area (Å²) in [6.45, 7) is 0. The van der Waals surface area contributed by atoms with Crippen molar-refractivity contribution in [3.63, 3.8) is 0 Å². The predicted molar refractivity (Wildman–Crippen MR) is 110 cm³/mol. The van der Waals surface area contributed by atoms with Crippen LogP contribution in [0.15, 0.2) is 59.0 Å². The number of aromatic nitrogens is 2. The molecule has 3 aromatic rings. The van der Waals surface area contributed by atoms with E-state index in [1.165, 1.54) is 32.1 Å². The molecule has 2 aromatic carbocycles. The van der Waals surface area contributed by atoms with Crippen molar-refractivity contribution in [3.05, 3.63) is 54.6 Å². The van der Waals surface area contributed by atoms with Crippen molar-refractivity contribution in [1.29, 1.82) is 0 Å². The topological polar surface area (TPSA) is 68.0 Å². The molecule has 1 aliphatic carbocycles. The van der Waals surface area contributed by atoms with Crippen LogP contribution in [0.3, 0.4) is 0 Å². The molecule has 1 amide bonds. The van der Waals surface area contributed by atoms with E-state index < -0.39 is 0 Å². The third-order valence-electron chi connectivity index (χ3n) is 5.37. The fourth-order valence-electron chi connectivity index (χ4n) is 3.77. The Labute approximate surface area is 165 Å². The molecular formula is C23H25N3O2. The molecule has 0 atom stereocenters. The second-order valence-electron chi connectivity index (χ2n) is 7.45. The van der Waals surface area contributed by atoms with Gasteiger partial charge in [0.05, 0.1) is 0 Å². The molecule has 1 N–H and O–H groups in total. The Kier molecular flexibility index (Phi) is 5.80. The minimum absolute atomic E-state index is 0.0856. The smallest absolute Gasteiger partial charge is 0.248 e. The Morgan fingerprint density at radius 3 is 2.21 bits per heavy atom. The molecule has 1 aliphatic rings. The molecule has 1 fully saturated rings. The average Bonchev–Trinajstić information content (AvgIpc) is 3.25. The maximum atomic E-state index is 12.2. The Balaban J connectivity index is 1.33. The summed E-state index contributed by atoms with van der Waals surface area (Å²) >= 11 is 0. The van der Waals surface area contributed by atoms with E-state index in [0.717, 1.165) is 29.2 Å². The number of carbonyl (C=O) groups excluding carboxylic acids is 1. The lowest BCUT2D eigenvalue weighted by Crippen LogP contribution is -2.14. The summed E-state index contributed by atoms with van der Waals surface area (Å²) in [5, 5.41) is 11.2. The van der Waals surface area contributed by atoms with Gasteiger partial charge in [-0.15, -0.1) is 10.2 Å². The standard InChI is InChI=1S/C23H25N3O2/c27-21(16-11-17-7-3-1-4-8-17)24-20-14-12-19(13-15-20)23-26-25-22(28-23)18-9-5-2-6-10-18/h2,5-6,9-10,12-15,17H,1,3-4,7-8,11,16H2,(H,24,27). The first-order chi connectivity index (χ1) is 13.8. The van der Waals surface area contributed by atoms with Gasteiger partial charge in [0.15, 0.2) is 0 Å². The maximum Gasteiger partial charge on any atom is 0.248 e. The summed E-state index contributed by atoms with van der Waals surface area (Å²) in [6.07, 6.45) is 8.12. The molecule has 0 saturated heterocycles. The van der Waals surface area contributed by atoms with Crippen molar-refractivity contribution in [2.45, 2.75) is 44.9 Å². The number of hydrogen-bond acceptors (Lipinski definition) is 4. The van der Waals surface area contributed by atoms with Crippen molar-refractivity contribution in [1.82, 2.24) is 10.2 Å². The summed E-state index contributed by atoms with van der Waals surface area (Å²) in [7, 11) is 0. The first-order valence-corrected chi connectivity index (χ1v) is 10.1. The van der Waals surface area contributed by atoms with Gasteiger partial charge in [0.1, 0.15) is 0 Å². The van der Waals surface area contributed by atoms with E-state index in [2.05, 4.69) is 15.5 Å². The predicted octanol–water partition coefficient (Wildman–Crippen LogP) is 5.70. The molecular weight excluding hydrogens is 350 g/mol. The van der Waals surface area contributed by atoms with Gasteiger partial charge in [-0.05, 0) is 48.7 Å². The first kappa shape index (κ1) is 18.4. The molecule has 144 valence electrons. The number of carbonyl (C=O) groups is 1. The Morgan fingerprint density at radius 1 is 0.893 bits per heavy atom. The van der Waals surface area contributed by atoms with Crippen molar-refractivity contribution in [3.8, 4) is 22.9 Å². The SMILES string of the molecule is O=C(CCC1CCCCC1)Nc1ccc(-c2nnc(-c3ccccc3)o2)cc1. The molecule has 0 spiro atoms. The van der Waals surface area contributed by atoms with Gasteiger partial charge in [-0.3, -0.25) is 4.79 Å². The molecule has 28 heavy (non-hydrogen) atoms. The van der Waals surface area contributed by atoms with E-state index in [1.54, 1.807) is 0 Å². The van der Waals surface area contributed by atoms with Crippen LogP contribution in [0.2, 0.25) is 0 Å². The van der Waals surface area contributed by atoms with Crippen LogP contribution in [0, 0.1) is 5.92 Å². The lowest BCUT2D eigenvalue weighted by atomic mass is 9.86.